The lowest BCUT2D eigenvalue weighted by Gasteiger charge is -2.07. The molecular formula is C6H13N. The number of nitrogens with zero attached hydrogens (tertiary/aromatic N) is 1. The van der Waals surface area contributed by atoms with Gasteiger partial charge in [0.05, 0.1) is 6.04 Å². The van der Waals surface area contributed by atoms with E-state index < -0.39 is 0 Å². The maximum absolute atomic E-state index is 3.94. The Morgan fingerprint density at radius 1 is 1.57 bits per heavy atom. The fourth-order valence-corrected chi connectivity index (χ4v) is 0.316. The van der Waals surface area contributed by atoms with Crippen LogP contribution >= 0.6 is 0 Å². The van der Waals surface area contributed by atoms with Gasteiger partial charge in [0.15, 0.2) is 0 Å². The Bertz CT molecular complexity index is 57.2. The minimum absolute atomic E-state index is 0.634. The normalized spacial score (nSPS) is 24.7. The lowest BCUT2D eigenvalue weighted by atomic mass is 10.2. The van der Waals surface area contributed by atoms with Gasteiger partial charge in [-0.2, -0.15) is 0 Å². The van der Waals surface area contributed by atoms with E-state index in [1.54, 1.807) is 0 Å². The first-order chi connectivity index (χ1) is 3.39. The smallest absolute Gasteiger partial charge is 0.0516 e. The Hall–Kier alpha value is -0.330. The molecule has 0 saturated heterocycles. The van der Waals surface area contributed by atoms with E-state index in [1.807, 2.05) is 20.1 Å². The lowest BCUT2D eigenvalue weighted by molar-refractivity contribution is 0.732. The third-order valence-corrected chi connectivity index (χ3v) is 0.806. The van der Waals surface area contributed by atoms with Crippen molar-refractivity contribution in [2.75, 3.05) is 0 Å². The minimum atomic E-state index is 0.634. The van der Waals surface area contributed by atoms with Crippen molar-refractivity contribution < 1.29 is 0 Å². The standard InChI is InChI=1S/C4H7N.C2H6/c1-4-2-3-5-4;1-2/h3-4H,2H2,1H3;1-2H3. The van der Waals surface area contributed by atoms with E-state index in [9.17, 15) is 0 Å². The molecule has 1 aliphatic rings. The predicted molar refractivity (Wildman–Crippen MR) is 33.9 cm³/mol. The summed E-state index contributed by atoms with van der Waals surface area (Å²) in [5.41, 5.74) is 0. The fourth-order valence-electron chi connectivity index (χ4n) is 0.316. The van der Waals surface area contributed by atoms with Gasteiger partial charge in [-0.05, 0) is 6.92 Å². The molecule has 0 amide bonds. The second-order valence-electron chi connectivity index (χ2n) is 1.42. The zero-order valence-corrected chi connectivity index (χ0v) is 5.31. The van der Waals surface area contributed by atoms with Gasteiger partial charge in [0.1, 0.15) is 0 Å². The van der Waals surface area contributed by atoms with Crippen LogP contribution in [-0.4, -0.2) is 12.3 Å². The van der Waals surface area contributed by atoms with Crippen molar-refractivity contribution >= 4 is 6.21 Å². The zero-order chi connectivity index (χ0) is 5.70. The molecule has 0 aromatic carbocycles. The molecule has 0 N–H and O–H groups in total. The Balaban J connectivity index is 0.000000162. The van der Waals surface area contributed by atoms with Gasteiger partial charge in [-0.15, -0.1) is 0 Å². The van der Waals surface area contributed by atoms with Crippen molar-refractivity contribution in [2.24, 2.45) is 4.99 Å². The summed E-state index contributed by atoms with van der Waals surface area (Å²) >= 11 is 0. The summed E-state index contributed by atoms with van der Waals surface area (Å²) in [6, 6.07) is 0.634. The highest BCUT2D eigenvalue weighted by atomic mass is 14.8. The Labute approximate surface area is 45.5 Å². The monoisotopic (exact) mass is 99.1 g/mol. The van der Waals surface area contributed by atoms with Gasteiger partial charge >= 0.3 is 0 Å². The average Bonchev–Trinajstić information content (AvgIpc) is 1.68. The number of hydrogen-bond acceptors (Lipinski definition) is 1. The number of hydrogen-bond donors (Lipinski definition) is 0. The molecule has 7 heavy (non-hydrogen) atoms. The van der Waals surface area contributed by atoms with Gasteiger partial charge < -0.3 is 0 Å². The van der Waals surface area contributed by atoms with E-state index in [4.69, 9.17) is 0 Å². The van der Waals surface area contributed by atoms with Gasteiger partial charge in [-0.3, -0.25) is 4.99 Å². The maximum Gasteiger partial charge on any atom is 0.0516 e. The molecular weight excluding hydrogens is 86.1 g/mol. The van der Waals surface area contributed by atoms with E-state index in [0.29, 0.717) is 6.04 Å². The highest BCUT2D eigenvalue weighted by Gasteiger charge is 2.00. The van der Waals surface area contributed by atoms with Gasteiger partial charge in [-0.1, -0.05) is 13.8 Å². The van der Waals surface area contributed by atoms with E-state index in [0.717, 1.165) is 0 Å². The van der Waals surface area contributed by atoms with Crippen molar-refractivity contribution in [3.63, 3.8) is 0 Å². The van der Waals surface area contributed by atoms with Crippen LogP contribution in [0, 0.1) is 0 Å². The Morgan fingerprint density at radius 2 is 1.86 bits per heavy atom. The van der Waals surface area contributed by atoms with Crippen molar-refractivity contribution in [3.05, 3.63) is 0 Å². The topological polar surface area (TPSA) is 12.4 Å². The van der Waals surface area contributed by atoms with E-state index >= 15 is 0 Å². The average molecular weight is 99.2 g/mol. The molecule has 0 aromatic rings. The molecule has 1 atom stereocenters. The molecule has 0 spiro atoms. The largest absolute Gasteiger partial charge is 0.294 e. The summed E-state index contributed by atoms with van der Waals surface area (Å²) in [7, 11) is 0. The second-order valence-corrected chi connectivity index (χ2v) is 1.42. The van der Waals surface area contributed by atoms with E-state index in [-0.39, 0.29) is 0 Å². The Morgan fingerprint density at radius 3 is 1.86 bits per heavy atom. The molecule has 0 aliphatic carbocycles. The first-order valence-corrected chi connectivity index (χ1v) is 2.91. The highest BCUT2D eigenvalue weighted by molar-refractivity contribution is 5.63. The SMILES string of the molecule is CC.CC1CC=N1. The lowest BCUT2D eigenvalue weighted by Crippen LogP contribution is -2.07. The van der Waals surface area contributed by atoms with Crippen LogP contribution in [0.3, 0.4) is 0 Å². The molecule has 0 saturated carbocycles. The number of rotatable bonds is 0. The molecule has 0 aromatic heterocycles. The van der Waals surface area contributed by atoms with Crippen molar-refractivity contribution in [2.45, 2.75) is 33.2 Å². The minimum Gasteiger partial charge on any atom is -0.294 e. The van der Waals surface area contributed by atoms with Crippen molar-refractivity contribution in [3.8, 4) is 0 Å². The summed E-state index contributed by atoms with van der Waals surface area (Å²) in [5, 5.41) is 0. The summed E-state index contributed by atoms with van der Waals surface area (Å²) in [5.74, 6) is 0. The first kappa shape index (κ1) is 6.67. The second kappa shape index (κ2) is 3.85. The van der Waals surface area contributed by atoms with Gasteiger partial charge in [-0.25, -0.2) is 0 Å². The maximum atomic E-state index is 3.94. The third kappa shape index (κ3) is 2.38. The third-order valence-electron chi connectivity index (χ3n) is 0.806. The molecule has 0 fully saturated rings. The van der Waals surface area contributed by atoms with Crippen LogP contribution in [-0.2, 0) is 0 Å². The summed E-state index contributed by atoms with van der Waals surface area (Å²) in [4.78, 5) is 3.94. The van der Waals surface area contributed by atoms with Gasteiger partial charge in [0, 0.05) is 12.6 Å². The van der Waals surface area contributed by atoms with Crippen molar-refractivity contribution in [1.82, 2.24) is 0 Å². The number of aliphatic imine (C=N–C) groups is 1. The van der Waals surface area contributed by atoms with Crippen LogP contribution in [0.2, 0.25) is 0 Å². The van der Waals surface area contributed by atoms with Crippen LogP contribution < -0.4 is 0 Å². The molecule has 0 bridgehead atoms. The highest BCUT2D eigenvalue weighted by Crippen LogP contribution is 2.01. The summed E-state index contributed by atoms with van der Waals surface area (Å²) in [6.07, 6.45) is 3.14. The molecule has 1 heterocycles. The van der Waals surface area contributed by atoms with Crippen molar-refractivity contribution in [1.29, 1.82) is 0 Å². The van der Waals surface area contributed by atoms with E-state index in [1.165, 1.54) is 6.42 Å². The molecule has 1 rings (SSSR count). The molecule has 42 valence electrons. The molecule has 1 nitrogen and oxygen atoms in total. The fraction of sp³-hybridized carbons (Fsp3) is 0.833. The zero-order valence-electron chi connectivity index (χ0n) is 5.31. The van der Waals surface area contributed by atoms with Crippen LogP contribution in [0.25, 0.3) is 0 Å². The van der Waals surface area contributed by atoms with Crippen LogP contribution in [0.15, 0.2) is 4.99 Å². The summed E-state index contributed by atoms with van der Waals surface area (Å²) < 4.78 is 0. The molecule has 1 heteroatoms. The van der Waals surface area contributed by atoms with Crippen LogP contribution in [0.5, 0.6) is 0 Å². The summed E-state index contributed by atoms with van der Waals surface area (Å²) in [6.45, 7) is 6.11. The van der Waals surface area contributed by atoms with Crippen LogP contribution in [0.4, 0.5) is 0 Å². The predicted octanol–water partition coefficient (Wildman–Crippen LogP) is 1.88. The first-order valence-electron chi connectivity index (χ1n) is 2.91. The molecule has 0 radical (unpaired) electrons. The quantitative estimate of drug-likeness (QED) is 0.439. The Kier molecular flexibility index (Phi) is 3.67. The van der Waals surface area contributed by atoms with Crippen LogP contribution in [0.1, 0.15) is 27.2 Å². The van der Waals surface area contributed by atoms with E-state index in [2.05, 4.69) is 11.9 Å². The van der Waals surface area contributed by atoms with Gasteiger partial charge in [0.2, 0.25) is 0 Å². The molecule has 1 unspecified atom stereocenters. The molecule has 1 aliphatic heterocycles. The van der Waals surface area contributed by atoms with Gasteiger partial charge in [0.25, 0.3) is 0 Å².